The Morgan fingerprint density at radius 3 is 2.73 bits per heavy atom. The Morgan fingerprint density at radius 1 is 1.27 bits per heavy atom. The number of benzene rings is 2. The van der Waals surface area contributed by atoms with E-state index in [1.165, 1.54) is 0 Å². The Kier molecular flexibility index (Phi) is 5.52. The van der Waals surface area contributed by atoms with Gasteiger partial charge in [-0.3, -0.25) is 15.6 Å². The summed E-state index contributed by atoms with van der Waals surface area (Å²) in [5.41, 5.74) is 9.07. The van der Waals surface area contributed by atoms with Crippen molar-refractivity contribution in [1.82, 2.24) is 16.2 Å². The van der Waals surface area contributed by atoms with Crippen LogP contribution in [0.1, 0.15) is 45.9 Å². The van der Waals surface area contributed by atoms with Gasteiger partial charge in [-0.2, -0.15) is 5.26 Å². The molecule has 2 aromatic carbocycles. The minimum atomic E-state index is -0.203. The predicted molar refractivity (Wildman–Crippen MR) is 98.8 cm³/mol. The lowest BCUT2D eigenvalue weighted by atomic mass is 9.93. The van der Waals surface area contributed by atoms with E-state index in [1.54, 1.807) is 19.2 Å². The summed E-state index contributed by atoms with van der Waals surface area (Å²) in [6, 6.07) is 15.0. The van der Waals surface area contributed by atoms with Crippen LogP contribution in [0.15, 0.2) is 42.5 Å². The molecule has 0 saturated carbocycles. The van der Waals surface area contributed by atoms with Crippen molar-refractivity contribution in [2.45, 2.75) is 18.9 Å². The molecule has 1 atom stereocenters. The van der Waals surface area contributed by atoms with Crippen LogP contribution in [-0.2, 0) is 0 Å². The summed E-state index contributed by atoms with van der Waals surface area (Å²) < 4.78 is 5.23. The van der Waals surface area contributed by atoms with Crippen LogP contribution in [-0.4, -0.2) is 26.1 Å². The molecule has 0 aliphatic carbocycles. The van der Waals surface area contributed by atoms with E-state index in [9.17, 15) is 10.1 Å². The molecular weight excluding hydrogens is 328 g/mol. The molecule has 6 nitrogen and oxygen atoms in total. The van der Waals surface area contributed by atoms with E-state index in [0.29, 0.717) is 11.1 Å². The second-order valence-electron chi connectivity index (χ2n) is 6.34. The number of carbonyl (C=O) groups is 1. The molecule has 0 aromatic heterocycles. The minimum absolute atomic E-state index is 0.175. The van der Waals surface area contributed by atoms with Gasteiger partial charge in [0.05, 0.1) is 24.8 Å². The SMILES string of the molecule is COc1cccc(C(C)NC(=O)c2ccc(C3CNNC3)c(C#N)c2)c1. The highest BCUT2D eigenvalue weighted by molar-refractivity contribution is 5.95. The molecule has 1 aliphatic rings. The van der Waals surface area contributed by atoms with E-state index in [0.717, 1.165) is 30.0 Å². The van der Waals surface area contributed by atoms with Crippen molar-refractivity contribution in [3.05, 3.63) is 64.7 Å². The summed E-state index contributed by atoms with van der Waals surface area (Å²) in [5.74, 6) is 0.780. The van der Waals surface area contributed by atoms with Crippen molar-refractivity contribution >= 4 is 5.91 Å². The maximum atomic E-state index is 12.6. The molecule has 0 bridgehead atoms. The molecule has 3 N–H and O–H groups in total. The van der Waals surface area contributed by atoms with Crippen LogP contribution >= 0.6 is 0 Å². The molecule has 1 saturated heterocycles. The van der Waals surface area contributed by atoms with Crippen molar-refractivity contribution in [2.24, 2.45) is 0 Å². The monoisotopic (exact) mass is 350 g/mol. The van der Waals surface area contributed by atoms with Gasteiger partial charge in [0.2, 0.25) is 0 Å². The van der Waals surface area contributed by atoms with Crippen LogP contribution in [0.3, 0.4) is 0 Å². The van der Waals surface area contributed by atoms with Crippen molar-refractivity contribution in [3.63, 3.8) is 0 Å². The number of rotatable bonds is 5. The Balaban J connectivity index is 1.76. The molecule has 1 unspecified atom stereocenters. The molecule has 1 aliphatic heterocycles. The Labute approximate surface area is 153 Å². The molecule has 2 aromatic rings. The first kappa shape index (κ1) is 17.9. The number of nitrogens with one attached hydrogen (secondary N) is 3. The molecule has 1 heterocycles. The first-order valence-electron chi connectivity index (χ1n) is 8.57. The molecule has 134 valence electrons. The fourth-order valence-corrected chi connectivity index (χ4v) is 3.11. The topological polar surface area (TPSA) is 86.2 Å². The van der Waals surface area contributed by atoms with Gasteiger partial charge >= 0.3 is 0 Å². The number of hydrazine groups is 1. The average Bonchev–Trinajstić information content (AvgIpc) is 3.22. The number of ether oxygens (including phenoxy) is 1. The third kappa shape index (κ3) is 3.85. The summed E-state index contributed by atoms with van der Waals surface area (Å²) in [6.45, 7) is 3.46. The maximum Gasteiger partial charge on any atom is 0.251 e. The molecule has 1 amide bonds. The largest absolute Gasteiger partial charge is 0.497 e. The normalized spacial score (nSPS) is 15.3. The van der Waals surface area contributed by atoms with E-state index >= 15 is 0 Å². The van der Waals surface area contributed by atoms with Gasteiger partial charge in [0, 0.05) is 24.6 Å². The molecule has 26 heavy (non-hydrogen) atoms. The zero-order valence-electron chi connectivity index (χ0n) is 14.9. The fraction of sp³-hybridized carbons (Fsp3) is 0.300. The van der Waals surface area contributed by atoms with Gasteiger partial charge in [-0.25, -0.2) is 0 Å². The number of methoxy groups -OCH3 is 1. The highest BCUT2D eigenvalue weighted by atomic mass is 16.5. The van der Waals surface area contributed by atoms with Crippen LogP contribution in [0, 0.1) is 11.3 Å². The zero-order chi connectivity index (χ0) is 18.5. The smallest absolute Gasteiger partial charge is 0.251 e. The van der Waals surface area contributed by atoms with E-state index in [1.807, 2.05) is 37.3 Å². The maximum absolute atomic E-state index is 12.6. The van der Waals surface area contributed by atoms with Crippen LogP contribution in [0.25, 0.3) is 0 Å². The number of nitriles is 1. The first-order chi connectivity index (χ1) is 12.6. The van der Waals surface area contributed by atoms with Crippen molar-refractivity contribution in [3.8, 4) is 11.8 Å². The summed E-state index contributed by atoms with van der Waals surface area (Å²) in [4.78, 5) is 12.6. The Hall–Kier alpha value is -2.88. The molecule has 6 heteroatoms. The van der Waals surface area contributed by atoms with Crippen molar-refractivity contribution < 1.29 is 9.53 Å². The van der Waals surface area contributed by atoms with Crippen molar-refractivity contribution in [2.75, 3.05) is 20.2 Å². The Morgan fingerprint density at radius 2 is 2.04 bits per heavy atom. The van der Waals surface area contributed by atoms with Crippen LogP contribution in [0.5, 0.6) is 5.75 Å². The standard InChI is InChI=1S/C20H22N4O2/c1-13(14-4-3-5-18(9-14)26-2)24-20(25)15-6-7-19(16(8-15)10-21)17-11-22-23-12-17/h3-9,13,17,22-23H,11-12H2,1-2H3,(H,24,25). The summed E-state index contributed by atoms with van der Waals surface area (Å²) in [5, 5.41) is 12.4. The summed E-state index contributed by atoms with van der Waals surface area (Å²) in [7, 11) is 1.61. The lowest BCUT2D eigenvalue weighted by Gasteiger charge is -2.16. The van der Waals surface area contributed by atoms with Crippen LogP contribution in [0.2, 0.25) is 0 Å². The third-order valence-corrected chi connectivity index (χ3v) is 4.64. The minimum Gasteiger partial charge on any atom is -0.497 e. The van der Waals surface area contributed by atoms with Crippen LogP contribution in [0.4, 0.5) is 0 Å². The highest BCUT2D eigenvalue weighted by Gasteiger charge is 2.21. The Bertz CT molecular complexity index is 838. The predicted octanol–water partition coefficient (Wildman–Crippen LogP) is 2.25. The molecule has 3 rings (SSSR count). The number of nitrogens with zero attached hydrogens (tertiary/aromatic N) is 1. The number of hydrogen-bond donors (Lipinski definition) is 3. The van der Waals surface area contributed by atoms with Crippen LogP contribution < -0.4 is 20.9 Å². The number of hydrogen-bond acceptors (Lipinski definition) is 5. The van der Waals surface area contributed by atoms with Gasteiger partial charge < -0.3 is 10.1 Å². The highest BCUT2D eigenvalue weighted by Crippen LogP contribution is 2.23. The van der Waals surface area contributed by atoms with Gasteiger partial charge in [0.1, 0.15) is 5.75 Å². The molecule has 0 spiro atoms. The van der Waals surface area contributed by atoms with E-state index < -0.39 is 0 Å². The van der Waals surface area contributed by atoms with Gasteiger partial charge in [-0.15, -0.1) is 0 Å². The lowest BCUT2D eigenvalue weighted by molar-refractivity contribution is 0.0939. The number of amides is 1. The second-order valence-corrected chi connectivity index (χ2v) is 6.34. The van der Waals surface area contributed by atoms with Crippen molar-refractivity contribution in [1.29, 1.82) is 5.26 Å². The van der Waals surface area contributed by atoms with Gasteiger partial charge in [-0.05, 0) is 42.3 Å². The van der Waals surface area contributed by atoms with E-state index in [2.05, 4.69) is 22.2 Å². The quantitative estimate of drug-likeness (QED) is 0.770. The van der Waals surface area contributed by atoms with E-state index in [-0.39, 0.29) is 17.9 Å². The summed E-state index contributed by atoms with van der Waals surface area (Å²) >= 11 is 0. The second kappa shape index (κ2) is 8.00. The number of carbonyl (C=O) groups excluding carboxylic acids is 1. The third-order valence-electron chi connectivity index (χ3n) is 4.64. The first-order valence-corrected chi connectivity index (χ1v) is 8.57. The average molecular weight is 350 g/mol. The molecule has 1 fully saturated rings. The summed E-state index contributed by atoms with van der Waals surface area (Å²) in [6.07, 6.45) is 0. The molecule has 0 radical (unpaired) electrons. The van der Waals surface area contributed by atoms with Gasteiger partial charge in [-0.1, -0.05) is 18.2 Å². The van der Waals surface area contributed by atoms with E-state index in [4.69, 9.17) is 4.74 Å². The lowest BCUT2D eigenvalue weighted by Crippen LogP contribution is -2.26. The zero-order valence-corrected chi connectivity index (χ0v) is 14.9. The van der Waals surface area contributed by atoms with Gasteiger partial charge in [0.25, 0.3) is 5.91 Å². The van der Waals surface area contributed by atoms with Gasteiger partial charge in [0.15, 0.2) is 0 Å². The molecular formula is C20H22N4O2. The fourth-order valence-electron chi connectivity index (χ4n) is 3.11.